The van der Waals surface area contributed by atoms with Crippen LogP contribution >= 0.6 is 0 Å². The molecule has 1 fully saturated rings. The molecule has 5 nitrogen and oxygen atoms in total. The van der Waals surface area contributed by atoms with E-state index in [1.165, 1.54) is 12.8 Å². The second kappa shape index (κ2) is 5.30. The summed E-state index contributed by atoms with van der Waals surface area (Å²) in [6.45, 7) is 1.72. The van der Waals surface area contributed by atoms with E-state index in [1.807, 2.05) is 23.1 Å². The van der Waals surface area contributed by atoms with Crippen LogP contribution in [-0.4, -0.2) is 34.0 Å². The van der Waals surface area contributed by atoms with Gasteiger partial charge in [-0.3, -0.25) is 0 Å². The highest BCUT2D eigenvalue weighted by molar-refractivity contribution is 5.91. The Bertz CT molecular complexity index is 570. The van der Waals surface area contributed by atoms with E-state index in [1.54, 1.807) is 6.33 Å². The Morgan fingerprint density at radius 1 is 1.21 bits per heavy atom. The van der Waals surface area contributed by atoms with E-state index in [4.69, 9.17) is 0 Å². The number of likely N-dealkylation sites (tertiary alicyclic amines) is 1. The summed E-state index contributed by atoms with van der Waals surface area (Å²) in [5.41, 5.74) is 2.66. The minimum atomic E-state index is 0.000709. The van der Waals surface area contributed by atoms with Crippen molar-refractivity contribution < 1.29 is 4.79 Å². The fourth-order valence-corrected chi connectivity index (χ4v) is 2.49. The number of amides is 2. The van der Waals surface area contributed by atoms with Crippen LogP contribution in [-0.2, 0) is 0 Å². The van der Waals surface area contributed by atoms with Gasteiger partial charge >= 0.3 is 6.03 Å². The van der Waals surface area contributed by atoms with Gasteiger partial charge in [0.1, 0.15) is 0 Å². The molecule has 2 heterocycles. The Balaban J connectivity index is 1.70. The van der Waals surface area contributed by atoms with Crippen molar-refractivity contribution in [2.24, 2.45) is 0 Å². The summed E-state index contributed by atoms with van der Waals surface area (Å²) in [5.74, 6) is 0. The molecular weight excluding hydrogens is 240 g/mol. The monoisotopic (exact) mass is 258 g/mol. The van der Waals surface area contributed by atoms with E-state index in [9.17, 15) is 4.79 Å². The Labute approximate surface area is 112 Å². The third kappa shape index (κ3) is 2.70. The third-order valence-electron chi connectivity index (χ3n) is 3.56. The first kappa shape index (κ1) is 12.0. The largest absolute Gasteiger partial charge is 0.345 e. The van der Waals surface area contributed by atoms with E-state index >= 15 is 0 Å². The molecule has 0 radical (unpaired) electrons. The van der Waals surface area contributed by atoms with Crippen LogP contribution in [0.4, 0.5) is 10.5 Å². The van der Waals surface area contributed by atoms with E-state index in [2.05, 4.69) is 15.3 Å². The van der Waals surface area contributed by atoms with E-state index in [-0.39, 0.29) is 6.03 Å². The molecule has 1 saturated heterocycles. The molecule has 0 bridgehead atoms. The van der Waals surface area contributed by atoms with Gasteiger partial charge in [0.15, 0.2) is 0 Å². The average molecular weight is 258 g/mol. The summed E-state index contributed by atoms with van der Waals surface area (Å²) in [4.78, 5) is 21.3. The molecule has 1 aromatic carbocycles. The van der Waals surface area contributed by atoms with Gasteiger partial charge in [0, 0.05) is 18.8 Å². The van der Waals surface area contributed by atoms with Gasteiger partial charge in [0.05, 0.1) is 17.4 Å². The van der Waals surface area contributed by atoms with Gasteiger partial charge in [-0.1, -0.05) is 12.8 Å². The molecule has 19 heavy (non-hydrogen) atoms. The standard InChI is InChI=1S/C14H18N4O/c19-14(18-7-3-1-2-4-8-18)17-11-5-6-12-13(9-11)16-10-15-12/h5-6,9-10H,1-4,7-8H2,(H,15,16)(H,17,19). The first-order valence-electron chi connectivity index (χ1n) is 6.82. The minimum absolute atomic E-state index is 0.000709. The number of aromatic amines is 1. The van der Waals surface area contributed by atoms with Crippen molar-refractivity contribution in [3.05, 3.63) is 24.5 Å². The number of anilines is 1. The van der Waals surface area contributed by atoms with Gasteiger partial charge < -0.3 is 15.2 Å². The van der Waals surface area contributed by atoms with Gasteiger partial charge in [0.25, 0.3) is 0 Å². The highest BCUT2D eigenvalue weighted by Gasteiger charge is 2.15. The van der Waals surface area contributed by atoms with Crippen LogP contribution in [0.1, 0.15) is 25.7 Å². The lowest BCUT2D eigenvalue weighted by Gasteiger charge is -2.20. The maximum atomic E-state index is 12.2. The number of nitrogens with one attached hydrogen (secondary N) is 2. The summed E-state index contributed by atoms with van der Waals surface area (Å²) in [6, 6.07) is 5.71. The summed E-state index contributed by atoms with van der Waals surface area (Å²) >= 11 is 0. The van der Waals surface area contributed by atoms with Gasteiger partial charge in [-0.2, -0.15) is 0 Å². The lowest BCUT2D eigenvalue weighted by Crippen LogP contribution is -2.35. The summed E-state index contributed by atoms with van der Waals surface area (Å²) < 4.78 is 0. The van der Waals surface area contributed by atoms with Crippen molar-refractivity contribution in [1.29, 1.82) is 0 Å². The van der Waals surface area contributed by atoms with Gasteiger partial charge in [-0.05, 0) is 31.0 Å². The number of aromatic nitrogens is 2. The Morgan fingerprint density at radius 2 is 2.00 bits per heavy atom. The summed E-state index contributed by atoms with van der Waals surface area (Å²) in [5, 5.41) is 2.96. The Hall–Kier alpha value is -2.04. The van der Waals surface area contributed by atoms with Crippen LogP contribution in [0.15, 0.2) is 24.5 Å². The molecule has 1 aliphatic heterocycles. The number of rotatable bonds is 1. The van der Waals surface area contributed by atoms with Gasteiger partial charge in [-0.15, -0.1) is 0 Å². The molecular formula is C14H18N4O. The Kier molecular flexibility index (Phi) is 3.35. The molecule has 1 aliphatic rings. The second-order valence-corrected chi connectivity index (χ2v) is 4.97. The first-order valence-corrected chi connectivity index (χ1v) is 6.82. The highest BCUT2D eigenvalue weighted by atomic mass is 16.2. The average Bonchev–Trinajstić information content (AvgIpc) is 2.71. The number of hydrogen-bond donors (Lipinski definition) is 2. The Morgan fingerprint density at radius 3 is 2.79 bits per heavy atom. The van der Waals surface area contributed by atoms with Crippen LogP contribution in [0.25, 0.3) is 11.0 Å². The molecule has 2 amide bonds. The quantitative estimate of drug-likeness (QED) is 0.826. The molecule has 0 atom stereocenters. The number of imidazole rings is 1. The van der Waals surface area contributed by atoms with Gasteiger partial charge in [0.2, 0.25) is 0 Å². The number of urea groups is 1. The number of carbonyl (C=O) groups excluding carboxylic acids is 1. The minimum Gasteiger partial charge on any atom is -0.345 e. The topological polar surface area (TPSA) is 61.0 Å². The number of carbonyl (C=O) groups is 1. The second-order valence-electron chi connectivity index (χ2n) is 4.97. The molecule has 100 valence electrons. The molecule has 1 aromatic heterocycles. The van der Waals surface area contributed by atoms with Crippen LogP contribution < -0.4 is 5.32 Å². The van der Waals surface area contributed by atoms with Crippen LogP contribution in [0.2, 0.25) is 0 Å². The highest BCUT2D eigenvalue weighted by Crippen LogP contribution is 2.17. The molecule has 0 aliphatic carbocycles. The maximum absolute atomic E-state index is 12.2. The van der Waals surface area contributed by atoms with Crippen molar-refractivity contribution >= 4 is 22.8 Å². The molecule has 0 spiro atoms. The number of fused-ring (bicyclic) bond motifs is 1. The van der Waals surface area contributed by atoms with Crippen molar-refractivity contribution in [3.8, 4) is 0 Å². The van der Waals surface area contributed by atoms with E-state index < -0.39 is 0 Å². The molecule has 0 unspecified atom stereocenters. The molecule has 2 N–H and O–H groups in total. The molecule has 3 rings (SSSR count). The van der Waals surface area contributed by atoms with Crippen LogP contribution in [0.5, 0.6) is 0 Å². The third-order valence-corrected chi connectivity index (χ3v) is 3.56. The first-order chi connectivity index (χ1) is 9.33. The summed E-state index contributed by atoms with van der Waals surface area (Å²) in [6.07, 6.45) is 6.32. The zero-order valence-corrected chi connectivity index (χ0v) is 10.9. The van der Waals surface area contributed by atoms with Crippen molar-refractivity contribution in [2.75, 3.05) is 18.4 Å². The van der Waals surface area contributed by atoms with E-state index in [0.717, 1.165) is 42.7 Å². The number of hydrogen-bond acceptors (Lipinski definition) is 2. The van der Waals surface area contributed by atoms with Crippen LogP contribution in [0, 0.1) is 0 Å². The smallest absolute Gasteiger partial charge is 0.321 e. The van der Waals surface area contributed by atoms with Crippen LogP contribution in [0.3, 0.4) is 0 Å². The lowest BCUT2D eigenvalue weighted by atomic mass is 10.2. The zero-order chi connectivity index (χ0) is 13.1. The SMILES string of the molecule is O=C(Nc1ccc2nc[nH]c2c1)N1CCCCCC1. The zero-order valence-electron chi connectivity index (χ0n) is 10.9. The fraction of sp³-hybridized carbons (Fsp3) is 0.429. The molecule has 0 saturated carbocycles. The van der Waals surface area contributed by atoms with E-state index in [0.29, 0.717) is 0 Å². The van der Waals surface area contributed by atoms with Gasteiger partial charge in [-0.25, -0.2) is 9.78 Å². The predicted octanol–water partition coefficient (Wildman–Crippen LogP) is 2.97. The molecule has 2 aromatic rings. The van der Waals surface area contributed by atoms with Crippen molar-refractivity contribution in [2.45, 2.75) is 25.7 Å². The maximum Gasteiger partial charge on any atom is 0.321 e. The molecule has 5 heteroatoms. The van der Waals surface area contributed by atoms with Crippen molar-refractivity contribution in [1.82, 2.24) is 14.9 Å². The number of H-pyrrole nitrogens is 1. The number of nitrogens with zero attached hydrogens (tertiary/aromatic N) is 2. The predicted molar refractivity (Wildman–Crippen MR) is 75.2 cm³/mol. The number of benzene rings is 1. The van der Waals surface area contributed by atoms with Crippen molar-refractivity contribution in [3.63, 3.8) is 0 Å². The lowest BCUT2D eigenvalue weighted by molar-refractivity contribution is 0.214. The fourth-order valence-electron chi connectivity index (χ4n) is 2.49. The normalized spacial score (nSPS) is 16.3. The summed E-state index contributed by atoms with van der Waals surface area (Å²) in [7, 11) is 0.